The van der Waals surface area contributed by atoms with Crippen molar-refractivity contribution in [1.29, 1.82) is 0 Å². The van der Waals surface area contributed by atoms with Gasteiger partial charge in [0.05, 0.1) is 5.92 Å². The van der Waals surface area contributed by atoms with Crippen LogP contribution in [0.15, 0.2) is 12.1 Å². The number of carboxylic acid groups (broad SMARTS) is 1. The molecule has 0 radical (unpaired) electrons. The molecule has 3 nitrogen and oxygen atoms in total. The molecule has 1 atom stereocenters. The highest BCUT2D eigenvalue weighted by Crippen LogP contribution is 2.25. The number of benzene rings is 1. The molecule has 1 rings (SSSR count). The van der Waals surface area contributed by atoms with E-state index in [4.69, 9.17) is 0 Å². The second kappa shape index (κ2) is 5.32. The number of carboxylic acids is 1. The Morgan fingerprint density at radius 3 is 2.29 bits per heavy atom. The quantitative estimate of drug-likeness (QED) is 0.870. The molecule has 0 amide bonds. The van der Waals surface area contributed by atoms with E-state index >= 15 is 0 Å². The van der Waals surface area contributed by atoms with Crippen molar-refractivity contribution in [3.05, 3.63) is 34.4 Å². The SMILES string of the molecule is Cc1ccc(C(CN(C)C)C(=O)O)c(C)c1C. The summed E-state index contributed by atoms with van der Waals surface area (Å²) in [6.45, 7) is 6.62. The Balaban J connectivity index is 3.19. The second-order valence-corrected chi connectivity index (χ2v) is 4.87. The molecule has 0 bridgehead atoms. The molecule has 0 fully saturated rings. The highest BCUT2D eigenvalue weighted by Gasteiger charge is 2.23. The maximum atomic E-state index is 11.4. The van der Waals surface area contributed by atoms with Gasteiger partial charge in [0.15, 0.2) is 0 Å². The van der Waals surface area contributed by atoms with Gasteiger partial charge in [0.1, 0.15) is 0 Å². The lowest BCUT2D eigenvalue weighted by Crippen LogP contribution is -2.26. The van der Waals surface area contributed by atoms with Crippen LogP contribution in [0.4, 0.5) is 0 Å². The zero-order chi connectivity index (χ0) is 13.2. The molecule has 0 heterocycles. The van der Waals surface area contributed by atoms with Crippen molar-refractivity contribution in [3.63, 3.8) is 0 Å². The molecule has 0 saturated carbocycles. The van der Waals surface area contributed by atoms with Crippen LogP contribution in [-0.2, 0) is 4.79 Å². The molecule has 1 aromatic carbocycles. The van der Waals surface area contributed by atoms with Crippen molar-refractivity contribution in [2.24, 2.45) is 0 Å². The highest BCUT2D eigenvalue weighted by atomic mass is 16.4. The average molecular weight is 235 g/mol. The van der Waals surface area contributed by atoms with Crippen molar-refractivity contribution in [2.45, 2.75) is 26.7 Å². The molecule has 1 N–H and O–H groups in total. The lowest BCUT2D eigenvalue weighted by atomic mass is 9.90. The number of aliphatic carboxylic acids is 1. The first-order chi connectivity index (χ1) is 7.84. The maximum absolute atomic E-state index is 11.4. The summed E-state index contributed by atoms with van der Waals surface area (Å²) in [6, 6.07) is 3.95. The van der Waals surface area contributed by atoms with Crippen LogP contribution in [0.5, 0.6) is 0 Å². The number of hydrogen-bond acceptors (Lipinski definition) is 2. The molecule has 1 unspecified atom stereocenters. The van der Waals surface area contributed by atoms with Gasteiger partial charge in [-0.2, -0.15) is 0 Å². The van der Waals surface area contributed by atoms with Crippen LogP contribution in [0.1, 0.15) is 28.2 Å². The van der Waals surface area contributed by atoms with Gasteiger partial charge in [0.2, 0.25) is 0 Å². The first-order valence-corrected chi connectivity index (χ1v) is 5.78. The molecule has 1 aromatic rings. The van der Waals surface area contributed by atoms with Gasteiger partial charge in [-0.3, -0.25) is 4.79 Å². The van der Waals surface area contributed by atoms with E-state index in [2.05, 4.69) is 0 Å². The van der Waals surface area contributed by atoms with Crippen molar-refractivity contribution in [3.8, 4) is 0 Å². The van der Waals surface area contributed by atoms with Crippen LogP contribution in [0, 0.1) is 20.8 Å². The van der Waals surface area contributed by atoms with Crippen LogP contribution < -0.4 is 0 Å². The number of aryl methyl sites for hydroxylation is 1. The van der Waals surface area contributed by atoms with Crippen LogP contribution in [-0.4, -0.2) is 36.6 Å². The highest BCUT2D eigenvalue weighted by molar-refractivity contribution is 5.77. The third-order valence-corrected chi connectivity index (χ3v) is 3.32. The lowest BCUT2D eigenvalue weighted by Gasteiger charge is -2.21. The zero-order valence-electron chi connectivity index (χ0n) is 11.2. The first-order valence-electron chi connectivity index (χ1n) is 5.78. The van der Waals surface area contributed by atoms with E-state index in [0.717, 1.165) is 11.1 Å². The number of rotatable bonds is 4. The van der Waals surface area contributed by atoms with E-state index in [-0.39, 0.29) is 0 Å². The van der Waals surface area contributed by atoms with Crippen molar-refractivity contribution in [2.75, 3.05) is 20.6 Å². The van der Waals surface area contributed by atoms with Crippen molar-refractivity contribution < 1.29 is 9.90 Å². The maximum Gasteiger partial charge on any atom is 0.312 e. The minimum Gasteiger partial charge on any atom is -0.481 e. The summed E-state index contributed by atoms with van der Waals surface area (Å²) in [6.07, 6.45) is 0. The van der Waals surface area contributed by atoms with Gasteiger partial charge < -0.3 is 10.0 Å². The Morgan fingerprint density at radius 1 is 1.24 bits per heavy atom. The van der Waals surface area contributed by atoms with Gasteiger partial charge in [-0.05, 0) is 57.1 Å². The fourth-order valence-electron chi connectivity index (χ4n) is 2.03. The van der Waals surface area contributed by atoms with E-state index in [0.29, 0.717) is 6.54 Å². The number of hydrogen-bond donors (Lipinski definition) is 1. The molecular weight excluding hydrogens is 214 g/mol. The summed E-state index contributed by atoms with van der Waals surface area (Å²) in [5.41, 5.74) is 4.42. The average Bonchev–Trinajstić information content (AvgIpc) is 2.23. The fraction of sp³-hybridized carbons (Fsp3) is 0.500. The normalized spacial score (nSPS) is 12.8. The van der Waals surface area contributed by atoms with E-state index in [1.165, 1.54) is 11.1 Å². The smallest absolute Gasteiger partial charge is 0.312 e. The Hall–Kier alpha value is -1.35. The molecule has 0 aliphatic rings. The predicted octanol–water partition coefficient (Wildman–Crippen LogP) is 2.34. The zero-order valence-corrected chi connectivity index (χ0v) is 11.2. The minimum absolute atomic E-state index is 0.454. The van der Waals surface area contributed by atoms with Crippen LogP contribution >= 0.6 is 0 Å². The number of nitrogens with zero attached hydrogens (tertiary/aromatic N) is 1. The molecule has 17 heavy (non-hydrogen) atoms. The van der Waals surface area contributed by atoms with E-state index in [1.807, 2.05) is 51.9 Å². The van der Waals surface area contributed by atoms with Gasteiger partial charge in [0.25, 0.3) is 0 Å². The van der Waals surface area contributed by atoms with E-state index in [9.17, 15) is 9.90 Å². The topological polar surface area (TPSA) is 40.5 Å². The molecule has 0 spiro atoms. The van der Waals surface area contributed by atoms with Crippen LogP contribution in [0.25, 0.3) is 0 Å². The monoisotopic (exact) mass is 235 g/mol. The van der Waals surface area contributed by atoms with Gasteiger partial charge >= 0.3 is 5.97 Å². The number of likely N-dealkylation sites (N-methyl/N-ethyl adjacent to an activating group) is 1. The Labute approximate surface area is 103 Å². The Bertz CT molecular complexity index is 424. The van der Waals surface area contributed by atoms with E-state index < -0.39 is 11.9 Å². The summed E-state index contributed by atoms with van der Waals surface area (Å²) < 4.78 is 0. The lowest BCUT2D eigenvalue weighted by molar-refractivity contribution is -0.139. The molecular formula is C14H21NO2. The number of carbonyl (C=O) groups is 1. The minimum atomic E-state index is -0.759. The third kappa shape index (κ3) is 3.07. The van der Waals surface area contributed by atoms with Gasteiger partial charge in [-0.1, -0.05) is 12.1 Å². The van der Waals surface area contributed by atoms with Crippen LogP contribution in [0.3, 0.4) is 0 Å². The summed E-state index contributed by atoms with van der Waals surface area (Å²) in [4.78, 5) is 13.3. The summed E-state index contributed by atoms with van der Waals surface area (Å²) >= 11 is 0. The molecule has 0 aromatic heterocycles. The molecule has 94 valence electrons. The molecule has 0 aliphatic carbocycles. The summed E-state index contributed by atoms with van der Waals surface area (Å²) in [5.74, 6) is -1.21. The van der Waals surface area contributed by atoms with Crippen molar-refractivity contribution >= 4 is 5.97 Å². The molecule has 0 saturated heterocycles. The largest absolute Gasteiger partial charge is 0.481 e. The second-order valence-electron chi connectivity index (χ2n) is 4.87. The van der Waals surface area contributed by atoms with Crippen molar-refractivity contribution in [1.82, 2.24) is 4.90 Å². The van der Waals surface area contributed by atoms with Gasteiger partial charge in [-0.15, -0.1) is 0 Å². The van der Waals surface area contributed by atoms with Crippen LogP contribution in [0.2, 0.25) is 0 Å². The predicted molar refractivity (Wildman–Crippen MR) is 69.6 cm³/mol. The Morgan fingerprint density at radius 2 is 1.82 bits per heavy atom. The molecule has 0 aliphatic heterocycles. The van der Waals surface area contributed by atoms with E-state index in [1.54, 1.807) is 0 Å². The summed E-state index contributed by atoms with van der Waals surface area (Å²) in [5, 5.41) is 9.33. The fourth-order valence-corrected chi connectivity index (χ4v) is 2.03. The van der Waals surface area contributed by atoms with Gasteiger partial charge in [-0.25, -0.2) is 0 Å². The summed E-state index contributed by atoms with van der Waals surface area (Å²) in [7, 11) is 3.79. The molecule has 3 heteroatoms. The Kier molecular flexibility index (Phi) is 4.29. The first kappa shape index (κ1) is 13.7. The third-order valence-electron chi connectivity index (χ3n) is 3.32. The van der Waals surface area contributed by atoms with Gasteiger partial charge in [0, 0.05) is 6.54 Å². The standard InChI is InChI=1S/C14H21NO2/c1-9-6-7-12(11(3)10(9)2)13(14(16)17)8-15(4)5/h6-7,13H,8H2,1-5H3,(H,16,17).